The summed E-state index contributed by atoms with van der Waals surface area (Å²) in [5.41, 5.74) is 0. The number of anilines is 2. The van der Waals surface area contributed by atoms with Crippen molar-refractivity contribution in [1.82, 2.24) is 9.97 Å². The first kappa shape index (κ1) is 14.5. The van der Waals surface area contributed by atoms with Gasteiger partial charge in [-0.2, -0.15) is 13.2 Å². The highest BCUT2D eigenvalue weighted by atomic mass is 19.4. The number of rotatable bonds is 5. The third-order valence-corrected chi connectivity index (χ3v) is 2.30. The van der Waals surface area contributed by atoms with Gasteiger partial charge >= 0.3 is 6.18 Å². The van der Waals surface area contributed by atoms with Crippen LogP contribution in [0.15, 0.2) is 6.07 Å². The number of hydrogen-bond acceptors (Lipinski definition) is 4. The highest BCUT2D eigenvalue weighted by Crippen LogP contribution is 2.21. The van der Waals surface area contributed by atoms with Crippen LogP contribution < -0.4 is 10.2 Å². The lowest BCUT2D eigenvalue weighted by Gasteiger charge is -2.20. The number of halogens is 3. The highest BCUT2D eigenvalue weighted by molar-refractivity contribution is 5.48. The largest absolute Gasteiger partial charge is 0.390 e. The zero-order valence-corrected chi connectivity index (χ0v) is 10.7. The Hall–Kier alpha value is -1.53. The van der Waals surface area contributed by atoms with E-state index in [9.17, 15) is 13.2 Å². The molecule has 0 amide bonds. The number of alkyl halides is 3. The summed E-state index contributed by atoms with van der Waals surface area (Å²) in [5.74, 6) is 1.64. The molecule has 1 aromatic rings. The predicted molar refractivity (Wildman–Crippen MR) is 64.9 cm³/mol. The summed E-state index contributed by atoms with van der Waals surface area (Å²) < 4.78 is 36.4. The van der Waals surface area contributed by atoms with E-state index in [1.54, 1.807) is 20.0 Å². The maximum atomic E-state index is 12.1. The van der Waals surface area contributed by atoms with E-state index < -0.39 is 12.6 Å². The normalized spacial score (nSPS) is 11.4. The molecular formula is C11H17F3N4. The molecule has 102 valence electrons. The van der Waals surface area contributed by atoms with Gasteiger partial charge in [0.15, 0.2) is 0 Å². The number of nitrogens with one attached hydrogen (secondary N) is 1. The van der Waals surface area contributed by atoms with Gasteiger partial charge in [-0.3, -0.25) is 0 Å². The van der Waals surface area contributed by atoms with Gasteiger partial charge in [0, 0.05) is 26.2 Å². The van der Waals surface area contributed by atoms with Crippen LogP contribution in [0, 0.1) is 6.92 Å². The van der Waals surface area contributed by atoms with Gasteiger partial charge in [-0.05, 0) is 13.8 Å². The lowest BCUT2D eigenvalue weighted by atomic mass is 10.3. The molecule has 0 fully saturated rings. The first-order chi connectivity index (χ1) is 8.31. The molecule has 0 aliphatic carbocycles. The molecule has 0 bridgehead atoms. The molecule has 0 spiro atoms. The van der Waals surface area contributed by atoms with Gasteiger partial charge in [0.25, 0.3) is 0 Å². The van der Waals surface area contributed by atoms with Crippen LogP contribution in [0.2, 0.25) is 0 Å². The van der Waals surface area contributed by atoms with E-state index in [4.69, 9.17) is 0 Å². The summed E-state index contributed by atoms with van der Waals surface area (Å²) >= 11 is 0. The van der Waals surface area contributed by atoms with E-state index >= 15 is 0 Å². The molecule has 0 atom stereocenters. The average molecular weight is 262 g/mol. The second-order valence-corrected chi connectivity index (χ2v) is 3.98. The fourth-order valence-electron chi connectivity index (χ4n) is 1.43. The zero-order valence-electron chi connectivity index (χ0n) is 10.7. The van der Waals surface area contributed by atoms with Crippen molar-refractivity contribution >= 4 is 11.6 Å². The quantitative estimate of drug-likeness (QED) is 0.885. The smallest absolute Gasteiger partial charge is 0.370 e. The van der Waals surface area contributed by atoms with Gasteiger partial charge < -0.3 is 10.2 Å². The SMILES string of the molecule is CCNc1cc(N(C)CCC(F)(F)F)nc(C)n1. The van der Waals surface area contributed by atoms with E-state index in [-0.39, 0.29) is 6.54 Å². The van der Waals surface area contributed by atoms with E-state index in [0.29, 0.717) is 24.0 Å². The fraction of sp³-hybridized carbons (Fsp3) is 0.636. The van der Waals surface area contributed by atoms with Crippen LogP contribution in [0.4, 0.5) is 24.8 Å². The van der Waals surface area contributed by atoms with Gasteiger partial charge in [0.1, 0.15) is 17.5 Å². The molecule has 0 saturated carbocycles. The molecule has 0 aliphatic rings. The van der Waals surface area contributed by atoms with Crippen molar-refractivity contribution in [2.75, 3.05) is 30.4 Å². The van der Waals surface area contributed by atoms with Crippen molar-refractivity contribution in [2.24, 2.45) is 0 Å². The molecular weight excluding hydrogens is 245 g/mol. The maximum absolute atomic E-state index is 12.1. The van der Waals surface area contributed by atoms with Gasteiger partial charge in [-0.1, -0.05) is 0 Å². The van der Waals surface area contributed by atoms with E-state index in [1.807, 2.05) is 6.92 Å². The molecule has 7 heteroatoms. The maximum Gasteiger partial charge on any atom is 0.390 e. The highest BCUT2D eigenvalue weighted by Gasteiger charge is 2.27. The van der Waals surface area contributed by atoms with Crippen LogP contribution in [0.5, 0.6) is 0 Å². The van der Waals surface area contributed by atoms with Crippen LogP contribution in [-0.2, 0) is 0 Å². The molecule has 0 unspecified atom stereocenters. The Morgan fingerprint density at radius 2 is 2.00 bits per heavy atom. The summed E-state index contributed by atoms with van der Waals surface area (Å²) in [5, 5.41) is 3.02. The van der Waals surface area contributed by atoms with E-state index in [0.717, 1.165) is 0 Å². The van der Waals surface area contributed by atoms with Crippen molar-refractivity contribution in [2.45, 2.75) is 26.4 Å². The minimum Gasteiger partial charge on any atom is -0.370 e. The summed E-state index contributed by atoms with van der Waals surface area (Å²) in [4.78, 5) is 9.74. The van der Waals surface area contributed by atoms with Gasteiger partial charge in [-0.15, -0.1) is 0 Å². The van der Waals surface area contributed by atoms with Crippen LogP contribution in [0.1, 0.15) is 19.2 Å². The third kappa shape index (κ3) is 4.77. The minimum absolute atomic E-state index is 0.120. The van der Waals surface area contributed by atoms with Gasteiger partial charge in [0.05, 0.1) is 6.42 Å². The summed E-state index contributed by atoms with van der Waals surface area (Å²) in [6.07, 6.45) is -5.01. The summed E-state index contributed by atoms with van der Waals surface area (Å²) in [6, 6.07) is 1.65. The van der Waals surface area contributed by atoms with Crippen molar-refractivity contribution in [3.8, 4) is 0 Å². The predicted octanol–water partition coefficient (Wildman–Crippen LogP) is 2.61. The molecule has 1 aromatic heterocycles. The molecule has 0 saturated heterocycles. The van der Waals surface area contributed by atoms with Crippen LogP contribution >= 0.6 is 0 Å². The Kier molecular flexibility index (Phi) is 4.75. The molecule has 4 nitrogen and oxygen atoms in total. The Balaban J connectivity index is 2.75. The lowest BCUT2D eigenvalue weighted by molar-refractivity contribution is -0.132. The molecule has 0 radical (unpaired) electrons. The summed E-state index contributed by atoms with van der Waals surface area (Å²) in [7, 11) is 1.59. The Labute approximate surface area is 104 Å². The second-order valence-electron chi connectivity index (χ2n) is 3.98. The van der Waals surface area contributed by atoms with Gasteiger partial charge in [-0.25, -0.2) is 9.97 Å². The van der Waals surface area contributed by atoms with Gasteiger partial charge in [0.2, 0.25) is 0 Å². The Bertz CT molecular complexity index is 392. The number of hydrogen-bond donors (Lipinski definition) is 1. The molecule has 1 N–H and O–H groups in total. The standard InChI is InChI=1S/C11H17F3N4/c1-4-15-9-7-10(17-8(2)16-9)18(3)6-5-11(12,13)14/h7H,4-6H2,1-3H3,(H,15,16,17). The van der Waals surface area contributed by atoms with Crippen molar-refractivity contribution in [3.05, 3.63) is 11.9 Å². The minimum atomic E-state index is -4.15. The van der Waals surface area contributed by atoms with Crippen LogP contribution in [0.25, 0.3) is 0 Å². The topological polar surface area (TPSA) is 41.0 Å². The number of nitrogens with zero attached hydrogens (tertiary/aromatic N) is 3. The fourth-order valence-corrected chi connectivity index (χ4v) is 1.43. The van der Waals surface area contributed by atoms with E-state index in [2.05, 4.69) is 15.3 Å². The third-order valence-electron chi connectivity index (χ3n) is 2.30. The first-order valence-electron chi connectivity index (χ1n) is 5.69. The first-order valence-corrected chi connectivity index (χ1v) is 5.69. The lowest BCUT2D eigenvalue weighted by Crippen LogP contribution is -2.25. The van der Waals surface area contributed by atoms with E-state index in [1.165, 1.54) is 4.90 Å². The average Bonchev–Trinajstić information content (AvgIpc) is 2.24. The Morgan fingerprint density at radius 1 is 1.33 bits per heavy atom. The Morgan fingerprint density at radius 3 is 2.56 bits per heavy atom. The van der Waals surface area contributed by atoms with Crippen LogP contribution in [-0.4, -0.2) is 36.3 Å². The molecule has 18 heavy (non-hydrogen) atoms. The number of aryl methyl sites for hydroxylation is 1. The molecule has 0 aliphatic heterocycles. The monoisotopic (exact) mass is 262 g/mol. The number of aromatic nitrogens is 2. The summed E-state index contributed by atoms with van der Waals surface area (Å²) in [6.45, 7) is 4.21. The van der Waals surface area contributed by atoms with Crippen molar-refractivity contribution in [1.29, 1.82) is 0 Å². The second kappa shape index (κ2) is 5.88. The molecule has 1 heterocycles. The zero-order chi connectivity index (χ0) is 13.8. The van der Waals surface area contributed by atoms with Crippen molar-refractivity contribution in [3.63, 3.8) is 0 Å². The van der Waals surface area contributed by atoms with Crippen molar-refractivity contribution < 1.29 is 13.2 Å². The van der Waals surface area contributed by atoms with Crippen LogP contribution in [0.3, 0.4) is 0 Å². The molecule has 0 aromatic carbocycles. The molecule has 1 rings (SSSR count).